The maximum atomic E-state index is 12.3. The smallest absolute Gasteiger partial charge is 0.435 e. The van der Waals surface area contributed by atoms with Crippen molar-refractivity contribution < 1.29 is 17.6 Å². The highest BCUT2D eigenvalue weighted by atomic mass is 19.4. The molecule has 1 N–H and O–H groups in total. The molecule has 2 heterocycles. The first kappa shape index (κ1) is 12.7. The van der Waals surface area contributed by atoms with Crippen molar-refractivity contribution in [2.75, 3.05) is 6.54 Å². The number of halogens is 3. The number of nitrogens with zero attached hydrogens (tertiary/aromatic N) is 2. The summed E-state index contributed by atoms with van der Waals surface area (Å²) in [5.41, 5.74) is -0.867. The van der Waals surface area contributed by atoms with E-state index in [9.17, 15) is 13.2 Å². The lowest BCUT2D eigenvalue weighted by atomic mass is 10.4. The second-order valence-corrected chi connectivity index (χ2v) is 3.72. The van der Waals surface area contributed by atoms with Crippen molar-refractivity contribution in [3.8, 4) is 0 Å². The molecule has 98 valence electrons. The first-order valence-corrected chi connectivity index (χ1v) is 5.39. The molecule has 0 saturated carbocycles. The third-order valence-electron chi connectivity index (χ3n) is 2.33. The minimum Gasteiger partial charge on any atom is -0.468 e. The fourth-order valence-electron chi connectivity index (χ4n) is 1.46. The van der Waals surface area contributed by atoms with Crippen molar-refractivity contribution in [1.82, 2.24) is 15.1 Å². The van der Waals surface area contributed by atoms with Crippen molar-refractivity contribution in [1.29, 1.82) is 0 Å². The molecule has 0 atom stereocenters. The summed E-state index contributed by atoms with van der Waals surface area (Å²) in [6.45, 7) is 1.43. The molecule has 0 unspecified atom stereocenters. The van der Waals surface area contributed by atoms with E-state index in [1.807, 2.05) is 6.07 Å². The molecular formula is C11H12F3N3O. The van der Waals surface area contributed by atoms with Crippen LogP contribution in [0.3, 0.4) is 0 Å². The molecule has 0 amide bonds. The second kappa shape index (κ2) is 5.26. The normalized spacial score (nSPS) is 11.9. The van der Waals surface area contributed by atoms with E-state index < -0.39 is 11.9 Å². The van der Waals surface area contributed by atoms with Gasteiger partial charge in [0.2, 0.25) is 0 Å². The molecule has 0 spiro atoms. The average molecular weight is 259 g/mol. The Labute approximate surface area is 101 Å². The van der Waals surface area contributed by atoms with Gasteiger partial charge >= 0.3 is 6.18 Å². The highest BCUT2D eigenvalue weighted by Gasteiger charge is 2.33. The van der Waals surface area contributed by atoms with Gasteiger partial charge in [-0.25, -0.2) is 0 Å². The molecule has 18 heavy (non-hydrogen) atoms. The van der Waals surface area contributed by atoms with Crippen molar-refractivity contribution in [3.05, 3.63) is 42.1 Å². The van der Waals surface area contributed by atoms with Gasteiger partial charge < -0.3 is 9.73 Å². The van der Waals surface area contributed by atoms with Gasteiger partial charge in [-0.3, -0.25) is 4.68 Å². The fraction of sp³-hybridized carbons (Fsp3) is 0.364. The zero-order valence-corrected chi connectivity index (χ0v) is 9.44. The number of hydrogen-bond donors (Lipinski definition) is 1. The minimum absolute atomic E-state index is 0.372. The molecule has 0 aliphatic carbocycles. The molecule has 0 aliphatic rings. The van der Waals surface area contributed by atoms with Gasteiger partial charge in [0.15, 0.2) is 5.69 Å². The van der Waals surface area contributed by atoms with E-state index in [2.05, 4.69) is 10.4 Å². The van der Waals surface area contributed by atoms with Crippen LogP contribution in [0.25, 0.3) is 0 Å². The van der Waals surface area contributed by atoms with Crippen LogP contribution in [0.2, 0.25) is 0 Å². The Hall–Kier alpha value is -1.76. The summed E-state index contributed by atoms with van der Waals surface area (Å²) in [5.74, 6) is 0.784. The van der Waals surface area contributed by atoms with E-state index in [0.717, 1.165) is 11.8 Å². The summed E-state index contributed by atoms with van der Waals surface area (Å²) in [6.07, 6.45) is -1.50. The van der Waals surface area contributed by atoms with Crippen LogP contribution in [-0.2, 0) is 19.3 Å². The molecule has 2 rings (SSSR count). The number of rotatable bonds is 5. The lowest BCUT2D eigenvalue weighted by Gasteiger charge is -2.04. The molecule has 0 saturated heterocycles. The van der Waals surface area contributed by atoms with Crippen LogP contribution < -0.4 is 5.32 Å². The molecule has 0 aromatic carbocycles. The molecular weight excluding hydrogens is 247 g/mol. The summed E-state index contributed by atoms with van der Waals surface area (Å²) in [7, 11) is 0. The predicted octanol–water partition coefficient (Wildman–Crippen LogP) is 2.28. The summed E-state index contributed by atoms with van der Waals surface area (Å²) in [5, 5.41) is 6.49. The minimum atomic E-state index is -4.38. The number of furan rings is 1. The molecule has 2 aromatic heterocycles. The van der Waals surface area contributed by atoms with E-state index in [1.165, 1.54) is 10.9 Å². The number of hydrogen-bond acceptors (Lipinski definition) is 3. The van der Waals surface area contributed by atoms with Crippen molar-refractivity contribution in [2.24, 2.45) is 0 Å². The largest absolute Gasteiger partial charge is 0.468 e. The van der Waals surface area contributed by atoms with Crippen LogP contribution in [0.15, 0.2) is 35.1 Å². The molecule has 2 aromatic rings. The Morgan fingerprint density at radius 3 is 2.78 bits per heavy atom. The molecule has 4 nitrogen and oxygen atoms in total. The van der Waals surface area contributed by atoms with Crippen LogP contribution >= 0.6 is 0 Å². The van der Waals surface area contributed by atoms with E-state index in [-0.39, 0.29) is 0 Å². The van der Waals surface area contributed by atoms with Gasteiger partial charge in [0, 0.05) is 12.7 Å². The molecule has 0 bridgehead atoms. The Bertz CT molecular complexity index is 476. The highest BCUT2D eigenvalue weighted by Crippen LogP contribution is 2.27. The highest BCUT2D eigenvalue weighted by molar-refractivity contribution is 5.03. The molecule has 0 fully saturated rings. The first-order valence-electron chi connectivity index (χ1n) is 5.39. The van der Waals surface area contributed by atoms with Crippen LogP contribution in [0.4, 0.5) is 13.2 Å². The third kappa shape index (κ3) is 3.36. The summed E-state index contributed by atoms with van der Waals surface area (Å²) >= 11 is 0. The van der Waals surface area contributed by atoms with Crippen molar-refractivity contribution >= 4 is 0 Å². The summed E-state index contributed by atoms with van der Waals surface area (Å²) in [6, 6.07) is 4.56. The Kier molecular flexibility index (Phi) is 3.71. The monoisotopic (exact) mass is 259 g/mol. The quantitative estimate of drug-likeness (QED) is 0.838. The van der Waals surface area contributed by atoms with Crippen LogP contribution in [0, 0.1) is 0 Å². The van der Waals surface area contributed by atoms with Gasteiger partial charge in [0.1, 0.15) is 5.76 Å². The number of alkyl halides is 3. The van der Waals surface area contributed by atoms with E-state index in [1.54, 1.807) is 12.3 Å². The van der Waals surface area contributed by atoms with Gasteiger partial charge in [-0.15, -0.1) is 0 Å². The third-order valence-corrected chi connectivity index (χ3v) is 2.33. The number of aromatic nitrogens is 2. The predicted molar refractivity (Wildman–Crippen MR) is 57.6 cm³/mol. The average Bonchev–Trinajstić information content (AvgIpc) is 2.95. The number of nitrogens with one attached hydrogen (secondary N) is 1. The molecule has 7 heteroatoms. The standard InChI is InChI=1S/C11H12F3N3O/c12-11(13,14)10-3-5-17(16-10)6-4-15-8-9-2-1-7-18-9/h1-3,5,7,15H,4,6,8H2. The topological polar surface area (TPSA) is 43.0 Å². The van der Waals surface area contributed by atoms with Gasteiger partial charge in [0.05, 0.1) is 19.4 Å². The van der Waals surface area contributed by atoms with E-state index in [0.29, 0.717) is 19.6 Å². The maximum Gasteiger partial charge on any atom is 0.435 e. The lowest BCUT2D eigenvalue weighted by molar-refractivity contribution is -0.141. The maximum absolute atomic E-state index is 12.3. The zero-order chi connectivity index (χ0) is 13.0. The van der Waals surface area contributed by atoms with Crippen molar-refractivity contribution in [3.63, 3.8) is 0 Å². The van der Waals surface area contributed by atoms with E-state index in [4.69, 9.17) is 4.42 Å². The second-order valence-electron chi connectivity index (χ2n) is 3.72. The van der Waals surface area contributed by atoms with Crippen LogP contribution in [-0.4, -0.2) is 16.3 Å². The molecule has 0 radical (unpaired) electrons. The fourth-order valence-corrected chi connectivity index (χ4v) is 1.46. The van der Waals surface area contributed by atoms with Crippen LogP contribution in [0.1, 0.15) is 11.5 Å². The van der Waals surface area contributed by atoms with Gasteiger partial charge in [0.25, 0.3) is 0 Å². The Morgan fingerprint density at radius 1 is 1.33 bits per heavy atom. The van der Waals surface area contributed by atoms with Crippen LogP contribution in [0.5, 0.6) is 0 Å². The Morgan fingerprint density at radius 2 is 2.17 bits per heavy atom. The lowest BCUT2D eigenvalue weighted by Crippen LogP contribution is -2.20. The first-order chi connectivity index (χ1) is 8.55. The van der Waals surface area contributed by atoms with Gasteiger partial charge in [-0.1, -0.05) is 0 Å². The summed E-state index contributed by atoms with van der Waals surface area (Å²) < 4.78 is 43.2. The zero-order valence-electron chi connectivity index (χ0n) is 9.44. The van der Waals surface area contributed by atoms with Gasteiger partial charge in [-0.05, 0) is 18.2 Å². The SMILES string of the molecule is FC(F)(F)c1ccn(CCNCc2ccco2)n1. The van der Waals surface area contributed by atoms with Crippen molar-refractivity contribution in [2.45, 2.75) is 19.3 Å². The summed E-state index contributed by atoms with van der Waals surface area (Å²) in [4.78, 5) is 0. The molecule has 0 aliphatic heterocycles. The Balaban J connectivity index is 1.75. The van der Waals surface area contributed by atoms with Gasteiger partial charge in [-0.2, -0.15) is 18.3 Å². The van der Waals surface area contributed by atoms with E-state index >= 15 is 0 Å².